The van der Waals surface area contributed by atoms with Crippen molar-refractivity contribution in [1.29, 1.82) is 0 Å². The van der Waals surface area contributed by atoms with Crippen LogP contribution in [0.15, 0.2) is 78.9 Å². The molecule has 13 heteroatoms. The first-order chi connectivity index (χ1) is 28.6. The van der Waals surface area contributed by atoms with Gasteiger partial charge in [-0.3, -0.25) is 28.9 Å². The second-order valence-electron chi connectivity index (χ2n) is 17.2. The van der Waals surface area contributed by atoms with E-state index in [0.29, 0.717) is 44.0 Å². The van der Waals surface area contributed by atoms with E-state index in [0.717, 1.165) is 16.7 Å². The van der Waals surface area contributed by atoms with Crippen LogP contribution in [0.3, 0.4) is 0 Å². The lowest BCUT2D eigenvalue weighted by Crippen LogP contribution is -2.61. The van der Waals surface area contributed by atoms with E-state index in [-0.39, 0.29) is 60.6 Å². The third-order valence-corrected chi connectivity index (χ3v) is 11.7. The molecule has 0 spiro atoms. The normalized spacial score (nSPS) is 16.8. The topological polar surface area (TPSA) is 141 Å². The van der Waals surface area contributed by atoms with E-state index in [1.54, 1.807) is 32.0 Å². The molecule has 324 valence electrons. The number of likely N-dealkylation sites (N-methyl/N-ethyl adjacent to an activating group) is 2. The number of hydrogen-bond acceptors (Lipinski definition) is 8. The van der Waals surface area contributed by atoms with Crippen LogP contribution in [-0.2, 0) is 43.6 Å². The number of hydrogen-bond donors (Lipinski definition) is 2. The van der Waals surface area contributed by atoms with Gasteiger partial charge < -0.3 is 34.8 Å². The Morgan fingerprint density at radius 3 is 1.85 bits per heavy atom. The highest BCUT2D eigenvalue weighted by atomic mass is 16.7. The lowest BCUT2D eigenvalue weighted by molar-refractivity contribution is -0.153. The Bertz CT molecular complexity index is 1900. The molecule has 0 saturated carbocycles. The van der Waals surface area contributed by atoms with Gasteiger partial charge in [0.15, 0.2) is 11.5 Å². The second-order valence-corrected chi connectivity index (χ2v) is 17.2. The number of benzene rings is 3. The molecule has 5 amide bonds. The number of nitrogens with one attached hydrogen (secondary N) is 2. The van der Waals surface area contributed by atoms with Crippen LogP contribution < -0.4 is 20.1 Å². The van der Waals surface area contributed by atoms with Gasteiger partial charge in [0, 0.05) is 40.3 Å². The van der Waals surface area contributed by atoms with Gasteiger partial charge in [0.2, 0.25) is 36.3 Å². The van der Waals surface area contributed by atoms with Crippen LogP contribution >= 0.6 is 0 Å². The fourth-order valence-corrected chi connectivity index (χ4v) is 8.23. The van der Waals surface area contributed by atoms with Crippen molar-refractivity contribution in [2.24, 2.45) is 17.8 Å². The SMILES string of the molecule is CC(C)[C@H](NC(=O)[C@H](C(C)C)N(Cc1ccccc1)Cc1ccccc1)C(=O)N(C)[C@H](C(=O)N1CCC[C@H]1C(=O)N(C)[C@H](C)C(=O)NCc1ccc2c(c1)OCO2)C(C)C. The molecule has 13 nitrogen and oxygen atoms in total. The van der Waals surface area contributed by atoms with Crippen LogP contribution in [0.4, 0.5) is 0 Å². The van der Waals surface area contributed by atoms with Gasteiger partial charge in [-0.15, -0.1) is 0 Å². The van der Waals surface area contributed by atoms with Gasteiger partial charge in [-0.2, -0.15) is 0 Å². The lowest BCUT2D eigenvalue weighted by atomic mass is 9.95. The molecular weight excluding hydrogens is 761 g/mol. The van der Waals surface area contributed by atoms with E-state index >= 15 is 0 Å². The van der Waals surface area contributed by atoms with E-state index < -0.39 is 30.2 Å². The molecule has 0 radical (unpaired) electrons. The number of fused-ring (bicyclic) bond motifs is 1. The molecule has 0 unspecified atom stereocenters. The Morgan fingerprint density at radius 1 is 0.700 bits per heavy atom. The van der Waals surface area contributed by atoms with Crippen molar-refractivity contribution in [2.45, 2.75) is 111 Å². The van der Waals surface area contributed by atoms with Gasteiger partial charge in [0.25, 0.3) is 0 Å². The highest BCUT2D eigenvalue weighted by Crippen LogP contribution is 2.32. The second kappa shape index (κ2) is 20.7. The summed E-state index contributed by atoms with van der Waals surface area (Å²) < 4.78 is 10.8. The Kier molecular flexibility index (Phi) is 15.7. The number of likely N-dealkylation sites (tertiary alicyclic amines) is 1. The number of ether oxygens (including phenoxy) is 2. The number of nitrogens with zero attached hydrogens (tertiary/aromatic N) is 4. The van der Waals surface area contributed by atoms with Gasteiger partial charge in [-0.1, -0.05) is 108 Å². The summed E-state index contributed by atoms with van der Waals surface area (Å²) in [6, 6.07) is 21.5. The maximum Gasteiger partial charge on any atom is 0.246 e. The molecule has 2 N–H and O–H groups in total. The molecule has 1 saturated heterocycles. The predicted octanol–water partition coefficient (Wildman–Crippen LogP) is 5.22. The van der Waals surface area contributed by atoms with Gasteiger partial charge in [0.05, 0.1) is 6.04 Å². The Labute approximate surface area is 355 Å². The van der Waals surface area contributed by atoms with Crippen molar-refractivity contribution >= 4 is 29.5 Å². The zero-order chi connectivity index (χ0) is 43.7. The minimum Gasteiger partial charge on any atom is -0.454 e. The molecule has 3 aromatic carbocycles. The van der Waals surface area contributed by atoms with Crippen molar-refractivity contribution in [1.82, 2.24) is 30.2 Å². The zero-order valence-corrected chi connectivity index (χ0v) is 36.7. The van der Waals surface area contributed by atoms with Crippen LogP contribution in [0.2, 0.25) is 0 Å². The largest absolute Gasteiger partial charge is 0.454 e. The lowest BCUT2D eigenvalue weighted by Gasteiger charge is -2.39. The average molecular weight is 825 g/mol. The predicted molar refractivity (Wildman–Crippen MR) is 230 cm³/mol. The monoisotopic (exact) mass is 824 g/mol. The maximum absolute atomic E-state index is 14.5. The Morgan fingerprint density at radius 2 is 1.28 bits per heavy atom. The zero-order valence-electron chi connectivity index (χ0n) is 36.7. The van der Waals surface area contributed by atoms with E-state index in [2.05, 4.69) is 15.5 Å². The van der Waals surface area contributed by atoms with Crippen molar-refractivity contribution in [2.75, 3.05) is 27.4 Å². The van der Waals surface area contributed by atoms with Crippen LogP contribution in [0.25, 0.3) is 0 Å². The first kappa shape index (κ1) is 45.7. The quantitative estimate of drug-likeness (QED) is 0.178. The van der Waals surface area contributed by atoms with Gasteiger partial charge >= 0.3 is 0 Å². The Hall–Kier alpha value is -5.43. The first-order valence-corrected chi connectivity index (χ1v) is 21.2. The van der Waals surface area contributed by atoms with E-state index in [4.69, 9.17) is 9.47 Å². The first-order valence-electron chi connectivity index (χ1n) is 21.2. The van der Waals surface area contributed by atoms with Crippen molar-refractivity contribution in [3.63, 3.8) is 0 Å². The fourth-order valence-electron chi connectivity index (χ4n) is 8.23. The average Bonchev–Trinajstić information content (AvgIpc) is 3.91. The number of carbonyl (C=O) groups excluding carboxylic acids is 5. The number of rotatable bonds is 18. The maximum atomic E-state index is 14.5. The third-order valence-electron chi connectivity index (χ3n) is 11.7. The van der Waals surface area contributed by atoms with Crippen molar-refractivity contribution < 1.29 is 33.4 Å². The summed E-state index contributed by atoms with van der Waals surface area (Å²) in [6.07, 6.45) is 1.04. The van der Waals surface area contributed by atoms with E-state index in [1.807, 2.05) is 114 Å². The smallest absolute Gasteiger partial charge is 0.246 e. The summed E-state index contributed by atoms with van der Waals surface area (Å²) in [5, 5.41) is 6.02. The third kappa shape index (κ3) is 11.0. The molecule has 5 rings (SSSR count). The molecule has 60 heavy (non-hydrogen) atoms. The summed E-state index contributed by atoms with van der Waals surface area (Å²) in [7, 11) is 3.18. The summed E-state index contributed by atoms with van der Waals surface area (Å²) in [5.41, 5.74) is 2.97. The summed E-state index contributed by atoms with van der Waals surface area (Å²) in [6.45, 7) is 15.0. The van der Waals surface area contributed by atoms with Crippen LogP contribution in [0.5, 0.6) is 11.5 Å². The van der Waals surface area contributed by atoms with Gasteiger partial charge in [-0.25, -0.2) is 0 Å². The molecule has 5 atom stereocenters. The summed E-state index contributed by atoms with van der Waals surface area (Å²) >= 11 is 0. The van der Waals surface area contributed by atoms with Crippen molar-refractivity contribution in [3.8, 4) is 11.5 Å². The van der Waals surface area contributed by atoms with Gasteiger partial charge in [-0.05, 0) is 66.3 Å². The molecule has 2 aliphatic rings. The molecule has 1 fully saturated rings. The summed E-state index contributed by atoms with van der Waals surface area (Å²) in [5.74, 6) is -1.07. The van der Waals surface area contributed by atoms with Crippen LogP contribution in [0.1, 0.15) is 78.0 Å². The minimum absolute atomic E-state index is 0.0883. The molecule has 0 aliphatic carbocycles. The molecule has 3 aromatic rings. The van der Waals surface area contributed by atoms with Gasteiger partial charge in [0.1, 0.15) is 24.2 Å². The minimum atomic E-state index is -0.910. The molecule has 2 aliphatic heterocycles. The molecule has 2 heterocycles. The molecular formula is C47H64N6O7. The summed E-state index contributed by atoms with van der Waals surface area (Å²) in [4.78, 5) is 77.3. The van der Waals surface area contributed by atoms with E-state index in [9.17, 15) is 24.0 Å². The van der Waals surface area contributed by atoms with E-state index in [1.165, 1.54) is 9.80 Å². The Balaban J connectivity index is 1.27. The molecule has 0 aromatic heterocycles. The number of carbonyl (C=O) groups is 5. The number of amides is 5. The molecule has 0 bridgehead atoms. The highest BCUT2D eigenvalue weighted by molar-refractivity contribution is 5.96. The van der Waals surface area contributed by atoms with Crippen LogP contribution in [0, 0.1) is 17.8 Å². The van der Waals surface area contributed by atoms with Crippen LogP contribution in [-0.4, -0.2) is 107 Å². The fraction of sp³-hybridized carbons (Fsp3) is 0.511. The van der Waals surface area contributed by atoms with Crippen molar-refractivity contribution in [3.05, 3.63) is 95.6 Å². The standard InChI is InChI=1S/C47H64N6O7/c1-30(2)40(49-44(55)41(31(3)4)52(27-34-17-12-10-13-18-34)28-35-19-14-11-15-20-35)46(57)51(9)42(32(5)6)47(58)53-24-16-21-37(53)45(56)50(8)33(7)43(54)48-26-36-22-23-38-39(25-36)60-29-59-38/h10-15,17-20,22-23,25,30-33,37,40-42H,16,21,24,26-29H2,1-9H3,(H,48,54)(H,49,55)/t33-,37+,40+,41+,42+/m1/s1. The highest BCUT2D eigenvalue weighted by Gasteiger charge is 2.44.